The number of nitrogens with two attached hydrogens (primary N) is 1. The minimum atomic E-state index is 0.194. The largest absolute Gasteiger partial charge is 0.399 e. The van der Waals surface area contributed by atoms with Crippen LogP contribution in [0.25, 0.3) is 0 Å². The Kier molecular flexibility index (Phi) is 3.45. The Morgan fingerprint density at radius 2 is 1.71 bits per heavy atom. The summed E-state index contributed by atoms with van der Waals surface area (Å²) in [5.74, 6) is 0. The van der Waals surface area contributed by atoms with Crippen LogP contribution < -0.4 is 11.1 Å². The maximum absolute atomic E-state index is 5.83. The average molecular weight is 226 g/mol. The van der Waals surface area contributed by atoms with Gasteiger partial charge in [0, 0.05) is 5.69 Å². The Morgan fingerprint density at radius 3 is 2.29 bits per heavy atom. The average Bonchev–Trinajstić information content (AvgIpc) is 2.33. The van der Waals surface area contributed by atoms with E-state index in [1.165, 1.54) is 16.7 Å². The smallest absolute Gasteiger partial charge is 0.0575 e. The summed E-state index contributed by atoms with van der Waals surface area (Å²) in [5, 5.41) is 3.33. The molecule has 2 rings (SSSR count). The number of anilines is 1. The molecule has 0 heterocycles. The molecule has 17 heavy (non-hydrogen) atoms. The molecular formula is C15H18N2. The van der Waals surface area contributed by atoms with Crippen molar-refractivity contribution >= 4 is 5.69 Å². The highest BCUT2D eigenvalue weighted by Gasteiger charge is 2.11. The molecule has 0 fully saturated rings. The van der Waals surface area contributed by atoms with Crippen LogP contribution in [0.5, 0.6) is 0 Å². The molecule has 3 N–H and O–H groups in total. The van der Waals surface area contributed by atoms with Gasteiger partial charge in [-0.3, -0.25) is 0 Å². The zero-order chi connectivity index (χ0) is 12.3. The van der Waals surface area contributed by atoms with Crippen LogP contribution in [0, 0.1) is 6.92 Å². The molecule has 0 aliphatic rings. The Bertz CT molecular complexity index is 489. The molecule has 0 saturated carbocycles. The molecule has 0 aliphatic carbocycles. The second-order valence-corrected chi connectivity index (χ2v) is 4.30. The van der Waals surface area contributed by atoms with Crippen molar-refractivity contribution in [2.45, 2.75) is 13.0 Å². The lowest BCUT2D eigenvalue weighted by molar-refractivity contribution is 0.692. The van der Waals surface area contributed by atoms with Crippen LogP contribution in [0.2, 0.25) is 0 Å². The molecule has 0 aromatic heterocycles. The maximum Gasteiger partial charge on any atom is 0.0575 e. The van der Waals surface area contributed by atoms with Crippen LogP contribution in [0.15, 0.2) is 48.5 Å². The summed E-state index contributed by atoms with van der Waals surface area (Å²) >= 11 is 0. The second-order valence-electron chi connectivity index (χ2n) is 4.30. The summed E-state index contributed by atoms with van der Waals surface area (Å²) in [4.78, 5) is 0. The van der Waals surface area contributed by atoms with Crippen molar-refractivity contribution in [3.63, 3.8) is 0 Å². The van der Waals surface area contributed by atoms with E-state index in [1.54, 1.807) is 0 Å². The lowest BCUT2D eigenvalue weighted by Gasteiger charge is -2.17. The van der Waals surface area contributed by atoms with E-state index in [-0.39, 0.29) is 6.04 Å². The van der Waals surface area contributed by atoms with Crippen molar-refractivity contribution in [1.29, 1.82) is 0 Å². The van der Waals surface area contributed by atoms with Gasteiger partial charge in [0.15, 0.2) is 0 Å². The highest BCUT2D eigenvalue weighted by molar-refractivity contribution is 5.44. The van der Waals surface area contributed by atoms with Crippen molar-refractivity contribution in [3.8, 4) is 0 Å². The highest BCUT2D eigenvalue weighted by Crippen LogP contribution is 2.23. The van der Waals surface area contributed by atoms with E-state index >= 15 is 0 Å². The van der Waals surface area contributed by atoms with E-state index in [0.717, 1.165) is 5.69 Å². The number of hydrogen-bond acceptors (Lipinski definition) is 2. The van der Waals surface area contributed by atoms with Crippen LogP contribution in [-0.2, 0) is 0 Å². The molecule has 0 bridgehead atoms. The third-order valence-electron chi connectivity index (χ3n) is 2.94. The number of nitrogens with one attached hydrogen (secondary N) is 1. The van der Waals surface area contributed by atoms with Crippen LogP contribution >= 0.6 is 0 Å². The molecule has 0 radical (unpaired) electrons. The molecule has 2 aromatic carbocycles. The summed E-state index contributed by atoms with van der Waals surface area (Å²) in [6.45, 7) is 2.10. The summed E-state index contributed by atoms with van der Waals surface area (Å²) in [5.41, 5.74) is 10.3. The van der Waals surface area contributed by atoms with Crippen LogP contribution in [-0.4, -0.2) is 7.05 Å². The van der Waals surface area contributed by atoms with Gasteiger partial charge in [-0.15, -0.1) is 0 Å². The quantitative estimate of drug-likeness (QED) is 0.790. The number of benzene rings is 2. The molecule has 2 nitrogen and oxygen atoms in total. The fourth-order valence-electron chi connectivity index (χ4n) is 2.02. The van der Waals surface area contributed by atoms with Crippen LogP contribution in [0.1, 0.15) is 22.7 Å². The van der Waals surface area contributed by atoms with E-state index in [9.17, 15) is 0 Å². The van der Waals surface area contributed by atoms with E-state index < -0.39 is 0 Å². The fraction of sp³-hybridized carbons (Fsp3) is 0.200. The molecule has 1 atom stereocenters. The van der Waals surface area contributed by atoms with Crippen molar-refractivity contribution in [3.05, 3.63) is 65.2 Å². The van der Waals surface area contributed by atoms with Crippen molar-refractivity contribution in [1.82, 2.24) is 5.32 Å². The molecule has 88 valence electrons. The Hall–Kier alpha value is -1.80. The first-order valence-corrected chi connectivity index (χ1v) is 5.80. The van der Waals surface area contributed by atoms with Gasteiger partial charge in [-0.1, -0.05) is 42.0 Å². The third kappa shape index (κ3) is 2.66. The summed E-state index contributed by atoms with van der Waals surface area (Å²) in [6.07, 6.45) is 0. The Balaban J connectivity index is 2.36. The molecule has 0 amide bonds. The predicted octanol–water partition coefficient (Wildman–Crippen LogP) is 2.89. The van der Waals surface area contributed by atoms with E-state index in [4.69, 9.17) is 5.73 Å². The lowest BCUT2D eigenvalue weighted by atomic mass is 9.98. The third-order valence-corrected chi connectivity index (χ3v) is 2.94. The number of rotatable bonds is 3. The van der Waals surface area contributed by atoms with Crippen molar-refractivity contribution < 1.29 is 0 Å². The van der Waals surface area contributed by atoms with Gasteiger partial charge < -0.3 is 11.1 Å². The van der Waals surface area contributed by atoms with Crippen LogP contribution in [0.3, 0.4) is 0 Å². The second kappa shape index (κ2) is 5.02. The molecule has 0 saturated heterocycles. The van der Waals surface area contributed by atoms with Gasteiger partial charge in [-0.05, 0) is 37.2 Å². The Morgan fingerprint density at radius 1 is 1.00 bits per heavy atom. The van der Waals surface area contributed by atoms with Crippen molar-refractivity contribution in [2.75, 3.05) is 12.8 Å². The number of nitrogen functional groups attached to an aromatic ring is 1. The van der Waals surface area contributed by atoms with Gasteiger partial charge in [0.25, 0.3) is 0 Å². The minimum absolute atomic E-state index is 0.194. The van der Waals surface area contributed by atoms with Gasteiger partial charge in [0.1, 0.15) is 0 Å². The van der Waals surface area contributed by atoms with E-state index in [1.807, 2.05) is 25.2 Å². The number of aryl methyl sites for hydroxylation is 1. The molecular weight excluding hydrogens is 208 g/mol. The van der Waals surface area contributed by atoms with Gasteiger partial charge in [0.2, 0.25) is 0 Å². The first kappa shape index (κ1) is 11.7. The molecule has 2 heteroatoms. The zero-order valence-electron chi connectivity index (χ0n) is 10.3. The van der Waals surface area contributed by atoms with Crippen molar-refractivity contribution in [2.24, 2.45) is 0 Å². The Labute approximate surface area is 102 Å². The van der Waals surface area contributed by atoms with Gasteiger partial charge in [0.05, 0.1) is 6.04 Å². The lowest BCUT2D eigenvalue weighted by Crippen LogP contribution is -2.17. The minimum Gasteiger partial charge on any atom is -0.399 e. The first-order chi connectivity index (χ1) is 8.20. The molecule has 2 aromatic rings. The SMILES string of the molecule is CN[C@H](c1ccc(C)cc1)c1cccc(N)c1. The fourth-order valence-corrected chi connectivity index (χ4v) is 2.02. The normalized spacial score (nSPS) is 12.4. The van der Waals surface area contributed by atoms with Crippen LogP contribution in [0.4, 0.5) is 5.69 Å². The predicted molar refractivity (Wildman–Crippen MR) is 72.9 cm³/mol. The standard InChI is InChI=1S/C15H18N2/c1-11-6-8-12(9-7-11)15(17-2)13-4-3-5-14(16)10-13/h3-10,15,17H,16H2,1-2H3/t15-/m1/s1. The van der Waals surface area contributed by atoms with Gasteiger partial charge in [-0.25, -0.2) is 0 Å². The van der Waals surface area contributed by atoms with E-state index in [0.29, 0.717) is 0 Å². The monoisotopic (exact) mass is 226 g/mol. The van der Waals surface area contributed by atoms with Gasteiger partial charge >= 0.3 is 0 Å². The maximum atomic E-state index is 5.83. The van der Waals surface area contributed by atoms with Gasteiger partial charge in [-0.2, -0.15) is 0 Å². The molecule has 0 unspecified atom stereocenters. The highest BCUT2D eigenvalue weighted by atomic mass is 14.9. The summed E-state index contributed by atoms with van der Waals surface area (Å²) in [6, 6.07) is 16.8. The topological polar surface area (TPSA) is 38.0 Å². The molecule has 0 aliphatic heterocycles. The zero-order valence-corrected chi connectivity index (χ0v) is 10.3. The van der Waals surface area contributed by atoms with E-state index in [2.05, 4.69) is 42.6 Å². The number of hydrogen-bond donors (Lipinski definition) is 2. The summed E-state index contributed by atoms with van der Waals surface area (Å²) in [7, 11) is 1.97. The summed E-state index contributed by atoms with van der Waals surface area (Å²) < 4.78 is 0. The molecule has 0 spiro atoms. The first-order valence-electron chi connectivity index (χ1n) is 5.80.